The summed E-state index contributed by atoms with van der Waals surface area (Å²) in [6.45, 7) is 1.69. The molecule has 184 valence electrons. The number of benzene rings is 1. The highest BCUT2D eigenvalue weighted by Gasteiger charge is 2.35. The van der Waals surface area contributed by atoms with Gasteiger partial charge >= 0.3 is 0 Å². The summed E-state index contributed by atoms with van der Waals surface area (Å²) < 4.78 is 30.3. The van der Waals surface area contributed by atoms with Crippen LogP contribution in [0.25, 0.3) is 0 Å². The molecule has 0 radical (unpaired) electrons. The normalized spacial score (nSPS) is 19.4. The van der Waals surface area contributed by atoms with Crippen LogP contribution < -0.4 is 4.74 Å². The van der Waals surface area contributed by atoms with Crippen molar-refractivity contribution in [2.75, 3.05) is 32.8 Å². The Kier molecular flexibility index (Phi) is 7.15. The Morgan fingerprint density at radius 2 is 2.06 bits per heavy atom. The monoisotopic (exact) mass is 498 g/mol. The molecule has 7 nitrogen and oxygen atoms in total. The zero-order valence-corrected chi connectivity index (χ0v) is 20.0. The van der Waals surface area contributed by atoms with Crippen molar-refractivity contribution in [3.05, 3.63) is 76.1 Å². The van der Waals surface area contributed by atoms with Crippen LogP contribution in [-0.4, -0.2) is 60.6 Å². The van der Waals surface area contributed by atoms with Crippen molar-refractivity contribution < 1.29 is 27.9 Å². The lowest BCUT2D eigenvalue weighted by Crippen LogP contribution is -2.49. The van der Waals surface area contributed by atoms with Crippen molar-refractivity contribution >= 4 is 23.2 Å². The van der Waals surface area contributed by atoms with Crippen molar-refractivity contribution in [2.45, 2.75) is 31.4 Å². The fraction of sp³-hybridized carbons (Fsp3) is 0.385. The first-order valence-electron chi connectivity index (χ1n) is 11.8. The van der Waals surface area contributed by atoms with Gasteiger partial charge in [-0.15, -0.1) is 11.3 Å². The fourth-order valence-corrected chi connectivity index (χ4v) is 5.57. The zero-order chi connectivity index (χ0) is 24.2. The predicted octanol–water partition coefficient (Wildman–Crippen LogP) is 4.31. The van der Waals surface area contributed by atoms with Crippen LogP contribution >= 0.6 is 11.3 Å². The number of halogens is 1. The van der Waals surface area contributed by atoms with E-state index in [0.29, 0.717) is 25.4 Å². The highest BCUT2D eigenvalue weighted by molar-refractivity contribution is 7.10. The molecule has 35 heavy (non-hydrogen) atoms. The number of furan rings is 1. The average Bonchev–Trinajstić information content (AvgIpc) is 3.65. The predicted molar refractivity (Wildman–Crippen MR) is 128 cm³/mol. The van der Waals surface area contributed by atoms with Crippen LogP contribution in [0.1, 0.15) is 39.9 Å². The fourth-order valence-electron chi connectivity index (χ4n) is 4.64. The van der Waals surface area contributed by atoms with E-state index in [1.165, 1.54) is 28.2 Å². The molecular weight excluding hydrogens is 471 g/mol. The lowest BCUT2D eigenvalue weighted by Gasteiger charge is -2.37. The van der Waals surface area contributed by atoms with E-state index in [0.717, 1.165) is 24.8 Å². The molecule has 4 heterocycles. The number of carbonyl (C=O) groups is 2. The first-order chi connectivity index (χ1) is 17.1. The number of nitrogens with zero attached hydrogens (tertiary/aromatic N) is 2. The third-order valence-corrected chi connectivity index (χ3v) is 7.43. The molecule has 0 bridgehead atoms. The maximum atomic E-state index is 13.6. The van der Waals surface area contributed by atoms with E-state index in [4.69, 9.17) is 13.9 Å². The lowest BCUT2D eigenvalue weighted by molar-refractivity contribution is -0.135. The molecule has 3 aromatic rings. The molecule has 0 saturated carbocycles. The number of fused-ring (bicyclic) bond motifs is 1. The maximum Gasteiger partial charge on any atom is 0.290 e. The maximum absolute atomic E-state index is 13.6. The van der Waals surface area contributed by atoms with Gasteiger partial charge in [-0.3, -0.25) is 9.59 Å². The molecule has 9 heteroatoms. The number of thiophene rings is 1. The number of ether oxygens (including phenoxy) is 2. The van der Waals surface area contributed by atoms with Crippen LogP contribution in [0.4, 0.5) is 4.39 Å². The molecule has 1 fully saturated rings. The van der Waals surface area contributed by atoms with E-state index < -0.39 is 0 Å². The van der Waals surface area contributed by atoms with Gasteiger partial charge in [0.2, 0.25) is 5.91 Å². The summed E-state index contributed by atoms with van der Waals surface area (Å²) in [6, 6.07) is 10.8. The Labute approximate surface area is 207 Å². The molecule has 0 spiro atoms. The van der Waals surface area contributed by atoms with Gasteiger partial charge < -0.3 is 23.7 Å². The molecular formula is C26H27FN2O5S. The highest BCUT2D eigenvalue weighted by atomic mass is 32.1. The summed E-state index contributed by atoms with van der Waals surface area (Å²) in [4.78, 5) is 31.3. The second kappa shape index (κ2) is 10.6. The first kappa shape index (κ1) is 23.6. The molecule has 1 aromatic carbocycles. The Bertz CT molecular complexity index is 1140. The SMILES string of the molecule is O=C(c1ccco1)N(CC(=O)N1CCc2sccc2[C@H]1COc1ccc(F)cc1)C[C@@H]1CCCO1. The van der Waals surface area contributed by atoms with Crippen LogP contribution in [0.3, 0.4) is 0 Å². The summed E-state index contributed by atoms with van der Waals surface area (Å²) >= 11 is 1.67. The molecule has 2 amide bonds. The Balaban J connectivity index is 1.33. The van der Waals surface area contributed by atoms with E-state index in [1.54, 1.807) is 40.5 Å². The number of carbonyl (C=O) groups excluding carboxylic acids is 2. The van der Waals surface area contributed by atoms with E-state index in [2.05, 4.69) is 0 Å². The van der Waals surface area contributed by atoms with E-state index in [1.807, 2.05) is 11.4 Å². The second-order valence-electron chi connectivity index (χ2n) is 8.71. The molecule has 0 unspecified atom stereocenters. The topological polar surface area (TPSA) is 72.2 Å². The summed E-state index contributed by atoms with van der Waals surface area (Å²) in [5.41, 5.74) is 1.06. The number of hydrogen-bond acceptors (Lipinski definition) is 6. The van der Waals surface area contributed by atoms with Gasteiger partial charge in [-0.05, 0) is 72.7 Å². The van der Waals surface area contributed by atoms with Crippen LogP contribution in [0.15, 0.2) is 58.5 Å². The largest absolute Gasteiger partial charge is 0.491 e. The quantitative estimate of drug-likeness (QED) is 0.463. The Morgan fingerprint density at radius 1 is 1.20 bits per heavy atom. The van der Waals surface area contributed by atoms with Gasteiger partial charge in [0.05, 0.1) is 18.4 Å². The van der Waals surface area contributed by atoms with Gasteiger partial charge in [0.25, 0.3) is 5.91 Å². The first-order valence-corrected chi connectivity index (χ1v) is 12.6. The van der Waals surface area contributed by atoms with Gasteiger partial charge in [0, 0.05) is 24.6 Å². The second-order valence-corrected chi connectivity index (χ2v) is 9.72. The van der Waals surface area contributed by atoms with E-state index >= 15 is 0 Å². The third kappa shape index (κ3) is 5.41. The van der Waals surface area contributed by atoms with Gasteiger partial charge in [0.15, 0.2) is 5.76 Å². The van der Waals surface area contributed by atoms with Crippen molar-refractivity contribution in [1.82, 2.24) is 9.80 Å². The van der Waals surface area contributed by atoms with E-state index in [-0.39, 0.29) is 48.7 Å². The number of hydrogen-bond donors (Lipinski definition) is 0. The van der Waals surface area contributed by atoms with Crippen LogP contribution in [0, 0.1) is 5.82 Å². The van der Waals surface area contributed by atoms with Gasteiger partial charge in [-0.25, -0.2) is 4.39 Å². The van der Waals surface area contributed by atoms with Crippen LogP contribution in [0.5, 0.6) is 5.75 Å². The number of rotatable bonds is 8. The summed E-state index contributed by atoms with van der Waals surface area (Å²) in [5, 5.41) is 2.02. The Morgan fingerprint density at radius 3 is 2.80 bits per heavy atom. The van der Waals surface area contributed by atoms with Crippen molar-refractivity contribution in [3.8, 4) is 5.75 Å². The molecule has 0 aliphatic carbocycles. The molecule has 0 N–H and O–H groups in total. The van der Waals surface area contributed by atoms with Crippen molar-refractivity contribution in [2.24, 2.45) is 0 Å². The number of amides is 2. The molecule has 5 rings (SSSR count). The zero-order valence-electron chi connectivity index (χ0n) is 19.2. The summed E-state index contributed by atoms with van der Waals surface area (Å²) in [6.07, 6.45) is 3.90. The molecule has 2 aliphatic heterocycles. The average molecular weight is 499 g/mol. The molecule has 1 saturated heterocycles. The van der Waals surface area contributed by atoms with Crippen LogP contribution in [0.2, 0.25) is 0 Å². The molecule has 2 atom stereocenters. The standard InChI is InChI=1S/C26H27FN2O5S/c27-18-5-7-19(8-6-18)34-17-22-21-10-14-35-24(21)9-11-29(22)25(30)16-28(15-20-3-1-12-32-20)26(31)23-4-2-13-33-23/h2,4-8,10,13-14,20,22H,1,3,9,11-12,15-17H2/t20-,22+/m0/s1. The minimum absolute atomic E-state index is 0.0775. The summed E-state index contributed by atoms with van der Waals surface area (Å²) in [5.74, 6) is -0.0851. The minimum atomic E-state index is -0.334. The highest BCUT2D eigenvalue weighted by Crippen LogP contribution is 2.34. The Hall–Kier alpha value is -3.17. The van der Waals surface area contributed by atoms with E-state index in [9.17, 15) is 14.0 Å². The molecule has 2 aliphatic rings. The molecule has 2 aromatic heterocycles. The minimum Gasteiger partial charge on any atom is -0.491 e. The summed E-state index contributed by atoms with van der Waals surface area (Å²) in [7, 11) is 0. The third-order valence-electron chi connectivity index (χ3n) is 6.43. The van der Waals surface area contributed by atoms with Gasteiger partial charge in [-0.2, -0.15) is 0 Å². The smallest absolute Gasteiger partial charge is 0.290 e. The van der Waals surface area contributed by atoms with Crippen molar-refractivity contribution in [3.63, 3.8) is 0 Å². The van der Waals surface area contributed by atoms with Crippen molar-refractivity contribution in [1.29, 1.82) is 0 Å². The lowest BCUT2D eigenvalue weighted by atomic mass is 10.0. The van der Waals surface area contributed by atoms with Gasteiger partial charge in [-0.1, -0.05) is 0 Å². The van der Waals surface area contributed by atoms with Crippen LogP contribution in [-0.2, 0) is 16.0 Å². The van der Waals surface area contributed by atoms with Gasteiger partial charge in [0.1, 0.15) is 24.7 Å².